The number of morpholine rings is 1. The first-order chi connectivity index (χ1) is 67.5. The molecule has 1 aliphatic carbocycles. The van der Waals surface area contributed by atoms with E-state index in [2.05, 4.69) is 80.5 Å². The Hall–Kier alpha value is -11.4. The average molecular weight is 2130 g/mol. The van der Waals surface area contributed by atoms with Gasteiger partial charge in [-0.25, -0.2) is 55.0 Å². The number of thiazole rings is 2. The molecule has 6 fully saturated rings. The van der Waals surface area contributed by atoms with Crippen LogP contribution in [-0.4, -0.2) is 263 Å². The van der Waals surface area contributed by atoms with Crippen LogP contribution >= 0.6 is 69.0 Å². The molecule has 762 valence electrons. The molecule has 0 spiro atoms. The Kier molecular flexibility index (Phi) is 34.1. The molecule has 36 nitrogen and oxygen atoms in total. The number of piperazine rings is 3. The third-order valence-corrected chi connectivity index (χ3v) is 32.6. The van der Waals surface area contributed by atoms with Gasteiger partial charge in [0, 0.05) is 211 Å². The molecule has 0 saturated carbocycles. The Morgan fingerprint density at radius 3 is 1.65 bits per heavy atom. The highest BCUT2D eigenvalue weighted by Gasteiger charge is 2.43. The van der Waals surface area contributed by atoms with Gasteiger partial charge in [-0.05, 0) is 219 Å². The molecule has 6 atom stereocenters. The van der Waals surface area contributed by atoms with Gasteiger partial charge in [0.2, 0.25) is 22.9 Å². The molecule has 0 bridgehead atoms. The van der Waals surface area contributed by atoms with Crippen LogP contribution in [0, 0.1) is 12.3 Å². The number of hydrogen-bond acceptors (Lipinski definition) is 29. The minimum Gasteiger partial charge on any atom is -0.768 e. The summed E-state index contributed by atoms with van der Waals surface area (Å²) in [7, 11) is -11.2. The van der Waals surface area contributed by atoms with Crippen molar-refractivity contribution in [2.75, 3.05) is 151 Å². The number of nitrogen functional groups attached to an aromatic ring is 1. The van der Waals surface area contributed by atoms with Crippen LogP contribution in [0.2, 0.25) is 15.1 Å². The molecular formula is C95H123Cl3N21O15S7-. The summed E-state index contributed by atoms with van der Waals surface area (Å²) in [6, 6.07) is 48.0. The van der Waals surface area contributed by atoms with Crippen LogP contribution in [0.4, 0.5) is 48.8 Å². The number of carbonyl (C=O) groups is 5. The second kappa shape index (κ2) is 46.3. The number of aryl methyl sites for hydroxylation is 1. The first-order valence-electron chi connectivity index (χ1n) is 45.5. The summed E-state index contributed by atoms with van der Waals surface area (Å²) in [6.45, 7) is 19.5. The van der Waals surface area contributed by atoms with E-state index >= 15 is 0 Å². The Labute approximate surface area is 859 Å². The van der Waals surface area contributed by atoms with Gasteiger partial charge in [-0.3, -0.25) is 47.4 Å². The number of sulfonamides is 3. The molecule has 0 radical (unpaired) electrons. The molecule has 7 aromatic carbocycles. The standard InChI is InChI=1S/C24H25ClN6O3S2.C24H26N6O3S.C23H22Cl2N4O4S2.C21H31N3O5S.C3H4N2S.8H2/c1-16(31-11-10-20-21(25)4-3-5-22(20)31)23(32)30-14-12-29(13-15-30)18-6-8-19(9-7-18)36(33,34)28-24-26-17(2)27-35-24;31-24(27-20-15-18-3-1-2-4-19(18)16-20)30-13-11-29(12-14-30)21-5-7-22(8-6-21)34(32,33)28-23-9-10-25-17-26-23;24-16-11-15(12-17(25)13-16)21-14-33-9-8-29(21)20-5-7-28(22(20)30)18-1-3-19(4-2-18)35(31,32)27-23-26-6-10-34-23;1-21(2,3)14-18(25)20(27)23-12-10-22(11-13-23)17-8-9-24(19(17)26)15-4-6-16(7-5-15)30(28)29;4-3-5-1-2-6-3;;;;;;;;/h3-11,16H,12-15H2,1-2H3,(H,26,27,28);1-10,17,20H,11-16H2,(H,27,31)(H,25,26,28);1-4,6,10-13,20-21H,5,7-9,14H2,(H,26,27);4-7,17-18,25H,8-14H2,1-3H3,(H,28,29);1-2H,(H2,4,5);8*1H/p-1/t;;20-,21?;17-,18+;;;;;;;;;/m..00........./s1. The number of rotatable bonds is 22. The molecule has 5 aromatic heterocycles. The molecular weight excluding hydrogens is 2010 g/mol. The summed E-state index contributed by atoms with van der Waals surface area (Å²) in [6.07, 6.45) is 10.4. The molecule has 6 saturated heterocycles. The van der Waals surface area contributed by atoms with Gasteiger partial charge in [0.15, 0.2) is 10.3 Å². The number of amides is 6. The first kappa shape index (κ1) is 104. The van der Waals surface area contributed by atoms with Crippen LogP contribution in [0.25, 0.3) is 10.9 Å². The number of ether oxygens (including phenoxy) is 1. The van der Waals surface area contributed by atoms with Crippen LogP contribution in [0.1, 0.15) is 93.0 Å². The zero-order valence-corrected chi connectivity index (χ0v) is 85.6. The van der Waals surface area contributed by atoms with Gasteiger partial charge < -0.3 is 64.3 Å². The monoisotopic (exact) mass is 2130 g/mol. The second-order valence-electron chi connectivity index (χ2n) is 35.4. The SMILES string of the molecule is CC(C)(C)C[C@@H](O)C(=O)N1CCN([C@H]2CCN(c3ccc(S(=O)[O-])cc3)C2=O)CC1.Cc1nsc(NS(=O)(=O)c2ccc(N3CCN(C(=O)C(C)n4ccc5c(Cl)cccc54)CC3)cc2)n1.Nc1nccs1.O=C(NC1Cc2ccccc2C1)N1CCN(c2ccc(S(=O)(=O)Nc3ccncn3)cc2)CC1.O=C1[C@@H](N2CCOCC2c2cc(Cl)cc(Cl)c2)CCN1c1ccc(S(=O)(=O)Nc2nccs2)cc1.[HH].[HH].[HH].[HH].[HH].[HH].[HH].[HH]. The number of nitrogens with two attached hydrogens (primary N) is 1. The molecule has 6 amide bonds. The van der Waals surface area contributed by atoms with Crippen molar-refractivity contribution >= 4 is 195 Å². The van der Waals surface area contributed by atoms with Gasteiger partial charge in [0.05, 0.1) is 51.5 Å². The van der Waals surface area contributed by atoms with Gasteiger partial charge >= 0.3 is 6.03 Å². The summed E-state index contributed by atoms with van der Waals surface area (Å²) in [5, 5.41) is 20.8. The number of anilines is 8. The summed E-state index contributed by atoms with van der Waals surface area (Å²) in [5.74, 6) is 0.535. The number of nitrogens with zero attached hydrogens (tertiary/aromatic N) is 16. The average Bonchev–Trinajstić information content (AvgIpc) is 1.68. The summed E-state index contributed by atoms with van der Waals surface area (Å²) < 4.78 is 117. The predicted molar refractivity (Wildman–Crippen MR) is 564 cm³/mol. The van der Waals surface area contributed by atoms with Crippen molar-refractivity contribution in [2.24, 2.45) is 5.41 Å². The van der Waals surface area contributed by atoms with E-state index in [9.17, 15) is 63.1 Å². The number of benzene rings is 7. The molecule has 19 rings (SSSR count). The first-order valence-corrected chi connectivity index (χ1v) is 54.7. The number of nitrogens with one attached hydrogen (secondary N) is 4. The van der Waals surface area contributed by atoms with Crippen molar-refractivity contribution in [1.82, 2.24) is 63.7 Å². The van der Waals surface area contributed by atoms with Gasteiger partial charge in [-0.2, -0.15) is 4.37 Å². The number of aromatic nitrogens is 7. The lowest BCUT2D eigenvalue weighted by Gasteiger charge is -2.39. The second-order valence-corrected chi connectivity index (χ2v) is 45.3. The zero-order valence-electron chi connectivity index (χ0n) is 77.6. The molecule has 11 heterocycles. The minimum absolute atomic E-state index is 0. The third-order valence-electron chi connectivity index (χ3n) is 24.9. The molecule has 12 aromatic rings. The highest BCUT2D eigenvalue weighted by Crippen LogP contribution is 2.38. The van der Waals surface area contributed by atoms with Crippen LogP contribution in [0.15, 0.2) is 231 Å². The van der Waals surface area contributed by atoms with Crippen LogP contribution in [0.5, 0.6) is 0 Å². The van der Waals surface area contributed by atoms with Crippen molar-refractivity contribution in [2.45, 2.75) is 123 Å². The van der Waals surface area contributed by atoms with E-state index in [-0.39, 0.29) is 107 Å². The van der Waals surface area contributed by atoms with Crippen molar-refractivity contribution in [3.63, 3.8) is 0 Å². The van der Waals surface area contributed by atoms with Crippen LogP contribution in [0.3, 0.4) is 0 Å². The number of fused-ring (bicyclic) bond motifs is 2. The van der Waals surface area contributed by atoms with Crippen LogP contribution in [-0.2, 0) is 77.9 Å². The molecule has 7 aliphatic rings. The van der Waals surface area contributed by atoms with E-state index in [1.165, 1.54) is 82.9 Å². The van der Waals surface area contributed by atoms with Gasteiger partial charge in [-0.1, -0.05) is 85.9 Å². The van der Waals surface area contributed by atoms with Crippen molar-refractivity contribution in [1.29, 1.82) is 0 Å². The maximum Gasteiger partial charge on any atom is 0.317 e. The number of urea groups is 1. The highest BCUT2D eigenvalue weighted by molar-refractivity contribution is 7.93. The van der Waals surface area contributed by atoms with Gasteiger partial charge in [0.25, 0.3) is 36.0 Å². The Balaban J connectivity index is 0.000000259. The zero-order chi connectivity index (χ0) is 100. The van der Waals surface area contributed by atoms with Crippen molar-refractivity contribution in [3.8, 4) is 0 Å². The van der Waals surface area contributed by atoms with Gasteiger partial charge in [-0.15, -0.1) is 22.7 Å². The fraction of sp³-hybridized carbons (Fsp3) is 0.358. The van der Waals surface area contributed by atoms with E-state index in [0.717, 1.165) is 52.2 Å². The lowest BCUT2D eigenvalue weighted by atomic mass is 9.89. The molecule has 141 heavy (non-hydrogen) atoms. The summed E-state index contributed by atoms with van der Waals surface area (Å²) in [4.78, 5) is 102. The lowest BCUT2D eigenvalue weighted by Crippen LogP contribution is -2.55. The molecule has 46 heteroatoms. The number of halogens is 3. The van der Waals surface area contributed by atoms with E-state index in [4.69, 9.17) is 45.3 Å². The lowest BCUT2D eigenvalue weighted by molar-refractivity contribution is -0.144. The fourth-order valence-corrected chi connectivity index (χ4v) is 23.9. The Morgan fingerprint density at radius 1 is 0.596 bits per heavy atom. The fourth-order valence-electron chi connectivity index (χ4n) is 17.8. The van der Waals surface area contributed by atoms with Gasteiger partial charge in [0.1, 0.15) is 30.1 Å². The Morgan fingerprint density at radius 2 is 1.13 bits per heavy atom. The van der Waals surface area contributed by atoms with E-state index in [1.54, 1.807) is 112 Å². The number of carbonyl (C=O) groups excluding carboxylic acids is 5. The van der Waals surface area contributed by atoms with E-state index in [1.807, 2.05) is 102 Å². The van der Waals surface area contributed by atoms with E-state index < -0.39 is 47.3 Å². The molecule has 7 N–H and O–H groups in total. The van der Waals surface area contributed by atoms with Crippen molar-refractivity contribution in [3.05, 3.63) is 249 Å². The molecule has 3 unspecified atom stereocenters. The number of hydrogen-bond donors (Lipinski definition) is 6. The normalized spacial score (nSPS) is 18.4. The highest BCUT2D eigenvalue weighted by atomic mass is 35.5. The molecule has 6 aliphatic heterocycles. The smallest absolute Gasteiger partial charge is 0.317 e. The maximum atomic E-state index is 13.5. The summed E-state index contributed by atoms with van der Waals surface area (Å²) in [5.41, 5.74) is 12.7. The van der Waals surface area contributed by atoms with E-state index in [0.29, 0.717) is 173 Å². The summed E-state index contributed by atoms with van der Waals surface area (Å²) >= 11 is 20.1. The number of aliphatic hydroxyl groups is 1. The Bertz CT molecular complexity index is 6730. The topological polar surface area (TPSA) is 443 Å². The maximum absolute atomic E-state index is 13.5. The van der Waals surface area contributed by atoms with Crippen molar-refractivity contribution < 1.29 is 79.2 Å². The largest absolute Gasteiger partial charge is 0.768 e. The quantitative estimate of drug-likeness (QED) is 0.0343. The van der Waals surface area contributed by atoms with Crippen LogP contribution < -0.4 is 44.8 Å². The predicted octanol–water partition coefficient (Wildman–Crippen LogP) is 14.5. The third kappa shape index (κ3) is 26.6. The minimum atomic E-state index is -3.76. The number of aliphatic hydroxyl groups excluding tert-OH is 1.